The van der Waals surface area contributed by atoms with Crippen molar-refractivity contribution in [2.75, 3.05) is 0 Å². The predicted octanol–water partition coefficient (Wildman–Crippen LogP) is 0.698. The van der Waals surface area contributed by atoms with Crippen LogP contribution in [0.25, 0.3) is 0 Å². The number of nitrogens with zero attached hydrogens (tertiary/aromatic N) is 1. The largest absolute Gasteiger partial charge is 0.305 e. The van der Waals surface area contributed by atoms with Gasteiger partial charge in [0.1, 0.15) is 0 Å². The maximum absolute atomic E-state index is 10.4. The van der Waals surface area contributed by atoms with Gasteiger partial charge in [-0.25, -0.2) is 4.98 Å². The Labute approximate surface area is 62.3 Å². The van der Waals surface area contributed by atoms with Gasteiger partial charge in [-0.1, -0.05) is 0 Å². The van der Waals surface area contributed by atoms with E-state index in [1.54, 1.807) is 6.92 Å². The van der Waals surface area contributed by atoms with Crippen molar-refractivity contribution in [1.29, 1.82) is 0 Å². The fraction of sp³-hybridized carbons (Fsp3) is 0.250. The maximum atomic E-state index is 10.4. The summed E-state index contributed by atoms with van der Waals surface area (Å²) in [6, 6.07) is 0. The fourth-order valence-corrected chi connectivity index (χ4v) is 1.93. The molecule has 0 saturated heterocycles. The third-order valence-electron chi connectivity index (χ3n) is 0.854. The van der Waals surface area contributed by atoms with Crippen LogP contribution in [0, 0.1) is 6.92 Å². The minimum atomic E-state index is -4.03. The average molecular weight is 179 g/mol. The van der Waals surface area contributed by atoms with Crippen LogP contribution in [0.2, 0.25) is 0 Å². The Morgan fingerprint density at radius 2 is 2.30 bits per heavy atom. The van der Waals surface area contributed by atoms with Crippen molar-refractivity contribution in [3.05, 3.63) is 11.2 Å². The minimum Gasteiger partial charge on any atom is -0.281 e. The first-order valence-electron chi connectivity index (χ1n) is 2.40. The molecule has 1 aromatic rings. The van der Waals surface area contributed by atoms with Crippen molar-refractivity contribution in [2.45, 2.75) is 11.1 Å². The molecule has 0 bridgehead atoms. The fourth-order valence-electron chi connectivity index (χ4n) is 0.461. The van der Waals surface area contributed by atoms with Gasteiger partial charge in [0.2, 0.25) is 0 Å². The van der Waals surface area contributed by atoms with E-state index in [2.05, 4.69) is 4.98 Å². The van der Waals surface area contributed by atoms with E-state index in [-0.39, 0.29) is 4.21 Å². The normalized spacial score (nSPS) is 11.8. The first-order chi connectivity index (χ1) is 4.50. The van der Waals surface area contributed by atoms with Gasteiger partial charge in [0.05, 0.1) is 11.2 Å². The van der Waals surface area contributed by atoms with Crippen molar-refractivity contribution in [3.8, 4) is 0 Å². The molecule has 1 rings (SSSR count). The summed E-state index contributed by atoms with van der Waals surface area (Å²) in [5.41, 5.74) is 0. The van der Waals surface area contributed by atoms with Crippen LogP contribution in [0.1, 0.15) is 5.01 Å². The molecule has 1 aromatic heterocycles. The lowest BCUT2D eigenvalue weighted by molar-refractivity contribution is 0.485. The van der Waals surface area contributed by atoms with Crippen LogP contribution in [0.3, 0.4) is 0 Å². The van der Waals surface area contributed by atoms with Gasteiger partial charge in [-0.2, -0.15) is 8.42 Å². The molecule has 4 nitrogen and oxygen atoms in total. The number of thiazole rings is 1. The van der Waals surface area contributed by atoms with Crippen molar-refractivity contribution >= 4 is 21.5 Å². The van der Waals surface area contributed by atoms with E-state index in [0.717, 1.165) is 17.5 Å². The van der Waals surface area contributed by atoms with Gasteiger partial charge in [0.15, 0.2) is 4.21 Å². The topological polar surface area (TPSA) is 67.3 Å². The monoisotopic (exact) mass is 179 g/mol. The highest BCUT2D eigenvalue weighted by Gasteiger charge is 2.11. The molecule has 0 amide bonds. The van der Waals surface area contributed by atoms with Crippen molar-refractivity contribution in [3.63, 3.8) is 0 Å². The molecule has 0 atom stereocenters. The third-order valence-corrected chi connectivity index (χ3v) is 3.06. The molecule has 0 aliphatic heterocycles. The van der Waals surface area contributed by atoms with E-state index in [1.807, 2.05) is 0 Å². The predicted molar refractivity (Wildman–Crippen MR) is 36.7 cm³/mol. The van der Waals surface area contributed by atoms with Crippen molar-refractivity contribution in [2.24, 2.45) is 0 Å². The standard InChI is InChI=1S/C4H5NO3S2/c1-3-5-2-4(9-3)10(6,7)8/h2H,1H3,(H,6,7,8). The Hall–Kier alpha value is -0.460. The molecule has 0 fully saturated rings. The molecule has 1 N–H and O–H groups in total. The van der Waals surface area contributed by atoms with Gasteiger partial charge in [0, 0.05) is 0 Å². The third kappa shape index (κ3) is 1.53. The SMILES string of the molecule is Cc1ncc(S(=O)(=O)O)s1. The number of hydrogen-bond acceptors (Lipinski definition) is 4. The summed E-state index contributed by atoms with van der Waals surface area (Å²) in [5, 5.41) is 0.618. The second-order valence-corrected chi connectivity index (χ2v) is 4.56. The molecule has 0 saturated carbocycles. The van der Waals surface area contributed by atoms with Gasteiger partial charge >= 0.3 is 10.1 Å². The zero-order chi connectivity index (χ0) is 7.78. The molecule has 0 aromatic carbocycles. The zero-order valence-corrected chi connectivity index (χ0v) is 6.74. The molecule has 6 heteroatoms. The van der Waals surface area contributed by atoms with Crippen LogP contribution < -0.4 is 0 Å². The Kier molecular flexibility index (Phi) is 1.76. The van der Waals surface area contributed by atoms with Crippen LogP contribution in [0.4, 0.5) is 0 Å². The van der Waals surface area contributed by atoms with E-state index in [1.165, 1.54) is 0 Å². The first-order valence-corrected chi connectivity index (χ1v) is 4.66. The van der Waals surface area contributed by atoms with Gasteiger partial charge < -0.3 is 0 Å². The Morgan fingerprint density at radius 3 is 2.50 bits per heavy atom. The molecule has 0 radical (unpaired) electrons. The van der Waals surface area contributed by atoms with Crippen LogP contribution in [0.5, 0.6) is 0 Å². The van der Waals surface area contributed by atoms with Crippen molar-refractivity contribution in [1.82, 2.24) is 4.98 Å². The maximum Gasteiger partial charge on any atom is 0.305 e. The van der Waals surface area contributed by atoms with Crippen LogP contribution in [-0.4, -0.2) is 18.0 Å². The Balaban J connectivity index is 3.21. The summed E-state index contributed by atoms with van der Waals surface area (Å²) in [7, 11) is -4.03. The van der Waals surface area contributed by atoms with E-state index in [9.17, 15) is 8.42 Å². The van der Waals surface area contributed by atoms with Gasteiger partial charge in [-0.05, 0) is 6.92 Å². The highest BCUT2D eigenvalue weighted by atomic mass is 32.3. The molecular weight excluding hydrogens is 174 g/mol. The number of rotatable bonds is 1. The van der Waals surface area contributed by atoms with E-state index in [0.29, 0.717) is 5.01 Å². The quantitative estimate of drug-likeness (QED) is 0.644. The Bertz CT molecular complexity index is 326. The smallest absolute Gasteiger partial charge is 0.281 e. The zero-order valence-electron chi connectivity index (χ0n) is 5.10. The van der Waals surface area contributed by atoms with Crippen LogP contribution in [0.15, 0.2) is 10.4 Å². The molecule has 1 heterocycles. The average Bonchev–Trinajstić information content (AvgIpc) is 2.11. The summed E-state index contributed by atoms with van der Waals surface area (Å²) in [5.74, 6) is 0. The van der Waals surface area contributed by atoms with Gasteiger partial charge in [-0.15, -0.1) is 11.3 Å². The molecule has 0 aliphatic carbocycles. The van der Waals surface area contributed by atoms with E-state index < -0.39 is 10.1 Å². The minimum absolute atomic E-state index is 0.106. The van der Waals surface area contributed by atoms with E-state index >= 15 is 0 Å². The summed E-state index contributed by atoms with van der Waals surface area (Å²) >= 11 is 0.946. The number of aromatic nitrogens is 1. The highest BCUT2D eigenvalue weighted by Crippen LogP contribution is 2.16. The summed E-state index contributed by atoms with van der Waals surface area (Å²) < 4.78 is 29.1. The number of aryl methyl sites for hydroxylation is 1. The van der Waals surface area contributed by atoms with E-state index in [4.69, 9.17) is 4.55 Å². The lowest BCUT2D eigenvalue weighted by atomic mass is 10.8. The molecular formula is C4H5NO3S2. The lowest BCUT2D eigenvalue weighted by Crippen LogP contribution is -1.93. The molecule has 0 aliphatic rings. The number of hydrogen-bond donors (Lipinski definition) is 1. The van der Waals surface area contributed by atoms with Gasteiger partial charge in [0.25, 0.3) is 0 Å². The molecule has 10 heavy (non-hydrogen) atoms. The molecule has 56 valence electrons. The Morgan fingerprint density at radius 1 is 1.70 bits per heavy atom. The molecule has 0 unspecified atom stereocenters. The molecule has 0 spiro atoms. The van der Waals surface area contributed by atoms with Gasteiger partial charge in [-0.3, -0.25) is 4.55 Å². The second kappa shape index (κ2) is 2.30. The lowest BCUT2D eigenvalue weighted by Gasteiger charge is -1.84. The summed E-state index contributed by atoms with van der Waals surface area (Å²) in [6.07, 6.45) is 1.13. The highest BCUT2D eigenvalue weighted by molar-refractivity contribution is 7.88. The summed E-state index contributed by atoms with van der Waals surface area (Å²) in [6.45, 7) is 1.67. The second-order valence-electron chi connectivity index (χ2n) is 1.67. The van der Waals surface area contributed by atoms with Crippen molar-refractivity contribution < 1.29 is 13.0 Å². The van der Waals surface area contributed by atoms with Crippen LogP contribution in [-0.2, 0) is 10.1 Å². The summed E-state index contributed by atoms with van der Waals surface area (Å²) in [4.78, 5) is 3.66. The first kappa shape index (κ1) is 7.64. The van der Waals surface area contributed by atoms with Crippen LogP contribution >= 0.6 is 11.3 Å².